The van der Waals surface area contributed by atoms with Crippen molar-refractivity contribution in [3.63, 3.8) is 0 Å². The second kappa shape index (κ2) is 12.8. The molecule has 34 heavy (non-hydrogen) atoms. The van der Waals surface area contributed by atoms with Crippen LogP contribution in [0.15, 0.2) is 54.9 Å². The highest BCUT2D eigenvalue weighted by molar-refractivity contribution is 5.73. The molecule has 1 heterocycles. The van der Waals surface area contributed by atoms with Gasteiger partial charge >= 0.3 is 12.1 Å². The Balaban J connectivity index is 0.000000509. The molecule has 0 bridgehead atoms. The van der Waals surface area contributed by atoms with Gasteiger partial charge in [0.2, 0.25) is 0 Å². The minimum Gasteiger partial charge on any atom is -0.496 e. The van der Waals surface area contributed by atoms with E-state index in [1.807, 2.05) is 30.6 Å². The van der Waals surface area contributed by atoms with Crippen LogP contribution in [0, 0.1) is 5.82 Å². The normalized spacial score (nSPS) is 11.0. The van der Waals surface area contributed by atoms with Gasteiger partial charge in [-0.15, -0.1) is 0 Å². The molecule has 0 unspecified atom stereocenters. The van der Waals surface area contributed by atoms with Gasteiger partial charge in [0.1, 0.15) is 11.6 Å². The van der Waals surface area contributed by atoms with Gasteiger partial charge in [0.25, 0.3) is 0 Å². The number of rotatable bonds is 9. The summed E-state index contributed by atoms with van der Waals surface area (Å²) < 4.78 is 53.0. The van der Waals surface area contributed by atoms with Crippen molar-refractivity contribution in [2.24, 2.45) is 0 Å². The quantitative estimate of drug-likeness (QED) is 0.391. The molecule has 184 valence electrons. The fourth-order valence-corrected chi connectivity index (χ4v) is 3.41. The topological polar surface area (TPSA) is 64.4 Å². The molecule has 2 aromatic carbocycles. The van der Waals surface area contributed by atoms with E-state index < -0.39 is 12.1 Å². The summed E-state index contributed by atoms with van der Waals surface area (Å²) >= 11 is 0. The zero-order valence-electron chi connectivity index (χ0n) is 19.1. The first kappa shape index (κ1) is 26.9. The Kier molecular flexibility index (Phi) is 10.1. The molecule has 0 aliphatic heterocycles. The number of nitrogens with zero attached hydrogens (tertiary/aromatic N) is 2. The number of hydrogen-bond acceptors (Lipinski definition) is 3. The number of carbonyl (C=O) groups is 1. The van der Waals surface area contributed by atoms with Crippen LogP contribution in [0.5, 0.6) is 5.75 Å². The zero-order chi connectivity index (χ0) is 25.1. The standard InChI is InChI=1S/C23H27FN2O.C2HF3O2/c1-3-4-11-22-21(16-18-8-7-10-20(24)15-18)25-17-26(22)14-13-19-9-5-6-12-23(19)27-2;3-2(4,5)1(6)7/h5-10,12,15,17H,3-4,11,13-14,16H2,1-2H3;(H,6,7). The highest BCUT2D eigenvalue weighted by atomic mass is 19.4. The molecule has 3 aromatic rings. The first-order chi connectivity index (χ1) is 16.2. The number of para-hydroxylation sites is 1. The van der Waals surface area contributed by atoms with Crippen LogP contribution >= 0.6 is 0 Å². The lowest BCUT2D eigenvalue weighted by atomic mass is 10.1. The first-order valence-electron chi connectivity index (χ1n) is 10.8. The molecule has 1 N–H and O–H groups in total. The van der Waals surface area contributed by atoms with Gasteiger partial charge < -0.3 is 14.4 Å². The molecule has 0 aliphatic carbocycles. The minimum atomic E-state index is -5.08. The van der Waals surface area contributed by atoms with Gasteiger partial charge in [0.05, 0.1) is 19.1 Å². The summed E-state index contributed by atoms with van der Waals surface area (Å²) in [6.07, 6.45) is 1.65. The molecular formula is C25H28F4N2O3. The van der Waals surface area contributed by atoms with E-state index in [-0.39, 0.29) is 5.82 Å². The van der Waals surface area contributed by atoms with Crippen molar-refractivity contribution in [1.29, 1.82) is 0 Å². The second-order valence-electron chi connectivity index (χ2n) is 7.61. The number of alkyl halides is 3. The summed E-state index contributed by atoms with van der Waals surface area (Å²) in [5.74, 6) is -2.03. The Morgan fingerprint density at radius 3 is 2.44 bits per heavy atom. The minimum absolute atomic E-state index is 0.196. The number of carboxylic acids is 1. The monoisotopic (exact) mass is 480 g/mol. The predicted molar refractivity (Wildman–Crippen MR) is 120 cm³/mol. The lowest BCUT2D eigenvalue weighted by molar-refractivity contribution is -0.192. The number of benzene rings is 2. The first-order valence-corrected chi connectivity index (χ1v) is 10.8. The number of aryl methyl sites for hydroxylation is 2. The Morgan fingerprint density at radius 2 is 1.82 bits per heavy atom. The number of aromatic nitrogens is 2. The maximum atomic E-state index is 13.5. The van der Waals surface area contributed by atoms with Gasteiger partial charge in [0.15, 0.2) is 0 Å². The van der Waals surface area contributed by atoms with Crippen molar-refractivity contribution >= 4 is 5.97 Å². The van der Waals surface area contributed by atoms with Crippen LogP contribution in [0.1, 0.15) is 42.3 Å². The molecule has 5 nitrogen and oxygen atoms in total. The van der Waals surface area contributed by atoms with E-state index in [0.717, 1.165) is 49.2 Å². The van der Waals surface area contributed by atoms with E-state index in [2.05, 4.69) is 22.5 Å². The summed E-state index contributed by atoms with van der Waals surface area (Å²) in [6, 6.07) is 14.9. The fourth-order valence-electron chi connectivity index (χ4n) is 3.41. The van der Waals surface area contributed by atoms with Crippen molar-refractivity contribution in [3.8, 4) is 5.75 Å². The van der Waals surface area contributed by atoms with Gasteiger partial charge in [-0.2, -0.15) is 13.2 Å². The van der Waals surface area contributed by atoms with Gasteiger partial charge in [-0.05, 0) is 48.6 Å². The largest absolute Gasteiger partial charge is 0.496 e. The molecule has 0 amide bonds. The number of ether oxygens (including phenoxy) is 1. The molecule has 0 spiro atoms. The van der Waals surface area contributed by atoms with Crippen molar-refractivity contribution in [2.45, 2.75) is 51.7 Å². The molecule has 1 aromatic heterocycles. The van der Waals surface area contributed by atoms with E-state index in [1.54, 1.807) is 19.2 Å². The number of halogens is 4. The van der Waals surface area contributed by atoms with Crippen LogP contribution in [0.3, 0.4) is 0 Å². The van der Waals surface area contributed by atoms with Crippen LogP contribution < -0.4 is 4.74 Å². The molecule has 9 heteroatoms. The number of unbranched alkanes of at least 4 members (excludes halogenated alkanes) is 1. The van der Waals surface area contributed by atoms with Gasteiger partial charge in [-0.25, -0.2) is 14.2 Å². The molecule has 0 radical (unpaired) electrons. The smallest absolute Gasteiger partial charge is 0.490 e. The lowest BCUT2D eigenvalue weighted by Crippen LogP contribution is -2.21. The zero-order valence-corrected chi connectivity index (χ0v) is 19.1. The Morgan fingerprint density at radius 1 is 1.12 bits per heavy atom. The van der Waals surface area contributed by atoms with Crippen molar-refractivity contribution < 1.29 is 32.2 Å². The van der Waals surface area contributed by atoms with Crippen molar-refractivity contribution in [2.75, 3.05) is 7.11 Å². The third-order valence-electron chi connectivity index (χ3n) is 5.12. The van der Waals surface area contributed by atoms with Crippen LogP contribution in [0.2, 0.25) is 0 Å². The molecule has 0 fully saturated rings. The Bertz CT molecular complexity index is 1060. The number of imidazole rings is 1. The van der Waals surface area contributed by atoms with Crippen molar-refractivity contribution in [1.82, 2.24) is 9.55 Å². The van der Waals surface area contributed by atoms with Gasteiger partial charge in [-0.3, -0.25) is 0 Å². The van der Waals surface area contributed by atoms with Gasteiger partial charge in [-0.1, -0.05) is 43.7 Å². The van der Waals surface area contributed by atoms with Crippen molar-refractivity contribution in [3.05, 3.63) is 83.2 Å². The third kappa shape index (κ3) is 8.20. The summed E-state index contributed by atoms with van der Waals surface area (Å²) in [5, 5.41) is 7.12. The average Bonchev–Trinajstić information content (AvgIpc) is 3.17. The SMILES string of the molecule is CCCCc1c(Cc2cccc(F)c2)ncn1CCc1ccccc1OC.O=C(O)C(F)(F)F. The van der Waals surface area contributed by atoms with E-state index in [0.29, 0.717) is 6.42 Å². The van der Waals surface area contributed by atoms with Crippen LogP contribution in [0.4, 0.5) is 17.6 Å². The van der Waals surface area contributed by atoms with E-state index in [4.69, 9.17) is 14.6 Å². The molecule has 0 aliphatic rings. The summed E-state index contributed by atoms with van der Waals surface area (Å²) in [6.45, 7) is 3.05. The Hall–Kier alpha value is -3.36. The van der Waals surface area contributed by atoms with E-state index in [1.165, 1.54) is 17.3 Å². The molecular weight excluding hydrogens is 452 g/mol. The highest BCUT2D eigenvalue weighted by Crippen LogP contribution is 2.21. The number of carboxylic acid groups (broad SMARTS) is 1. The lowest BCUT2D eigenvalue weighted by Gasteiger charge is -2.12. The molecule has 3 rings (SSSR count). The summed E-state index contributed by atoms with van der Waals surface area (Å²) in [5.41, 5.74) is 4.47. The summed E-state index contributed by atoms with van der Waals surface area (Å²) in [7, 11) is 1.71. The van der Waals surface area contributed by atoms with Crippen LogP contribution in [-0.2, 0) is 30.6 Å². The third-order valence-corrected chi connectivity index (χ3v) is 5.12. The summed E-state index contributed by atoms with van der Waals surface area (Å²) in [4.78, 5) is 13.6. The molecule has 0 saturated carbocycles. The molecule has 0 saturated heterocycles. The number of aliphatic carboxylic acids is 1. The average molecular weight is 481 g/mol. The Labute approximate surface area is 196 Å². The van der Waals surface area contributed by atoms with Crippen LogP contribution in [0.25, 0.3) is 0 Å². The van der Waals surface area contributed by atoms with Crippen LogP contribution in [-0.4, -0.2) is 33.9 Å². The molecule has 0 atom stereocenters. The maximum Gasteiger partial charge on any atom is 0.490 e. The van der Waals surface area contributed by atoms with E-state index >= 15 is 0 Å². The number of methoxy groups -OCH3 is 1. The fraction of sp³-hybridized carbons (Fsp3) is 0.360. The number of hydrogen-bond donors (Lipinski definition) is 1. The predicted octanol–water partition coefficient (Wildman–Crippen LogP) is 5.84. The van der Waals surface area contributed by atoms with Gasteiger partial charge in [0, 0.05) is 18.7 Å². The van der Waals surface area contributed by atoms with E-state index in [9.17, 15) is 17.6 Å². The highest BCUT2D eigenvalue weighted by Gasteiger charge is 2.38. The second-order valence-corrected chi connectivity index (χ2v) is 7.61. The maximum absolute atomic E-state index is 13.5.